The number of nitrogens with zero attached hydrogens (tertiary/aromatic N) is 3. The number of nitrogens with two attached hydrogens (primary N) is 1. The van der Waals surface area contributed by atoms with Crippen LogP contribution in [0.5, 0.6) is 5.75 Å². The third-order valence-electron chi connectivity index (χ3n) is 4.24. The summed E-state index contributed by atoms with van der Waals surface area (Å²) in [6, 6.07) is 5.63. The molecule has 0 radical (unpaired) electrons. The molecule has 0 unspecified atom stereocenters. The average molecular weight is 367 g/mol. The van der Waals surface area contributed by atoms with Crippen molar-refractivity contribution >= 4 is 17.5 Å². The molecule has 1 aromatic carbocycles. The van der Waals surface area contributed by atoms with Crippen molar-refractivity contribution in [2.45, 2.75) is 19.9 Å². The fraction of sp³-hybridized carbons (Fsp3) is 0.222. The van der Waals surface area contributed by atoms with Crippen molar-refractivity contribution in [3.63, 3.8) is 0 Å². The Balaban J connectivity index is 1.56. The molecule has 1 aliphatic heterocycles. The first-order valence-corrected chi connectivity index (χ1v) is 8.45. The van der Waals surface area contributed by atoms with Gasteiger partial charge in [0, 0.05) is 24.7 Å². The standard InChI is InChI=1S/C18H17N5O4/c1-2-23-8-12(15(22-23)16(19)24)20-17(25)13-9-27-18(21-13)11-3-4-14-10(7-11)5-6-26-14/h3-4,7-9H,2,5-6H2,1H3,(H2,19,24)(H,20,25). The molecule has 2 aromatic heterocycles. The number of aryl methyl sites for hydroxylation is 1. The van der Waals surface area contributed by atoms with Gasteiger partial charge in [-0.1, -0.05) is 0 Å². The van der Waals surface area contributed by atoms with E-state index in [0.29, 0.717) is 19.0 Å². The highest BCUT2D eigenvalue weighted by Crippen LogP contribution is 2.30. The van der Waals surface area contributed by atoms with Gasteiger partial charge >= 0.3 is 0 Å². The van der Waals surface area contributed by atoms with Gasteiger partial charge in [-0.05, 0) is 30.7 Å². The summed E-state index contributed by atoms with van der Waals surface area (Å²) in [6.45, 7) is 3.05. The highest BCUT2D eigenvalue weighted by Gasteiger charge is 2.20. The number of fused-ring (bicyclic) bond motifs is 1. The maximum absolute atomic E-state index is 12.5. The fourth-order valence-corrected chi connectivity index (χ4v) is 2.87. The quantitative estimate of drug-likeness (QED) is 0.709. The zero-order valence-corrected chi connectivity index (χ0v) is 14.6. The monoisotopic (exact) mass is 367 g/mol. The molecule has 1 aliphatic rings. The van der Waals surface area contributed by atoms with E-state index >= 15 is 0 Å². The number of benzene rings is 1. The molecule has 3 heterocycles. The van der Waals surface area contributed by atoms with Gasteiger partial charge in [0.2, 0.25) is 5.89 Å². The summed E-state index contributed by atoms with van der Waals surface area (Å²) in [4.78, 5) is 28.2. The number of nitrogens with one attached hydrogen (secondary N) is 1. The Morgan fingerprint density at radius 1 is 1.37 bits per heavy atom. The lowest BCUT2D eigenvalue weighted by atomic mass is 10.1. The summed E-state index contributed by atoms with van der Waals surface area (Å²) in [5.41, 5.74) is 7.46. The summed E-state index contributed by atoms with van der Waals surface area (Å²) >= 11 is 0. The summed E-state index contributed by atoms with van der Waals surface area (Å²) in [7, 11) is 0. The number of ether oxygens (including phenoxy) is 1. The number of rotatable bonds is 5. The van der Waals surface area contributed by atoms with E-state index in [2.05, 4.69) is 15.4 Å². The number of amides is 2. The minimum Gasteiger partial charge on any atom is -0.493 e. The number of primary amides is 1. The summed E-state index contributed by atoms with van der Waals surface area (Å²) < 4.78 is 12.4. The molecular formula is C18H17N5O4. The number of oxazole rings is 1. The molecule has 0 fully saturated rings. The van der Waals surface area contributed by atoms with E-state index in [0.717, 1.165) is 23.3 Å². The first-order chi connectivity index (χ1) is 13.0. The van der Waals surface area contributed by atoms with Gasteiger partial charge in [-0.3, -0.25) is 14.3 Å². The normalized spacial score (nSPS) is 12.5. The summed E-state index contributed by atoms with van der Waals surface area (Å²) in [6.07, 6.45) is 3.64. The minimum atomic E-state index is -0.723. The molecule has 9 heteroatoms. The number of carbonyl (C=O) groups excluding carboxylic acids is 2. The van der Waals surface area contributed by atoms with E-state index in [1.54, 1.807) is 6.20 Å². The molecule has 2 amide bonds. The molecule has 0 spiro atoms. The van der Waals surface area contributed by atoms with E-state index in [9.17, 15) is 9.59 Å². The Hall–Kier alpha value is -3.62. The first-order valence-electron chi connectivity index (χ1n) is 8.45. The highest BCUT2D eigenvalue weighted by molar-refractivity contribution is 6.07. The SMILES string of the molecule is CCn1cc(NC(=O)c2coc(-c3ccc4c(c3)CCO4)n2)c(C(N)=O)n1. The maximum atomic E-state index is 12.5. The lowest BCUT2D eigenvalue weighted by Gasteiger charge is -2.01. The van der Waals surface area contributed by atoms with E-state index < -0.39 is 11.8 Å². The second kappa shape index (κ2) is 6.60. The van der Waals surface area contributed by atoms with Crippen LogP contribution in [-0.2, 0) is 13.0 Å². The molecule has 0 saturated carbocycles. The lowest BCUT2D eigenvalue weighted by Crippen LogP contribution is -2.18. The second-order valence-corrected chi connectivity index (χ2v) is 6.02. The molecule has 0 bridgehead atoms. The molecule has 4 rings (SSSR count). The molecule has 3 aromatic rings. The van der Waals surface area contributed by atoms with Crippen LogP contribution in [0.4, 0.5) is 5.69 Å². The van der Waals surface area contributed by atoms with Crippen LogP contribution in [0.3, 0.4) is 0 Å². The van der Waals surface area contributed by atoms with Crippen LogP contribution in [0, 0.1) is 0 Å². The van der Waals surface area contributed by atoms with E-state index in [1.807, 2.05) is 25.1 Å². The van der Waals surface area contributed by atoms with Crippen molar-refractivity contribution in [2.75, 3.05) is 11.9 Å². The molecule has 3 N–H and O–H groups in total. The van der Waals surface area contributed by atoms with Crippen molar-refractivity contribution in [2.24, 2.45) is 5.73 Å². The Morgan fingerprint density at radius 2 is 2.22 bits per heavy atom. The highest BCUT2D eigenvalue weighted by atomic mass is 16.5. The van der Waals surface area contributed by atoms with Crippen LogP contribution in [0.2, 0.25) is 0 Å². The minimum absolute atomic E-state index is 0.00691. The Bertz CT molecular complexity index is 1040. The molecule has 27 heavy (non-hydrogen) atoms. The van der Waals surface area contributed by atoms with Crippen molar-refractivity contribution in [3.8, 4) is 17.2 Å². The van der Waals surface area contributed by atoms with Crippen molar-refractivity contribution in [1.82, 2.24) is 14.8 Å². The van der Waals surface area contributed by atoms with Crippen LogP contribution in [0.15, 0.2) is 35.1 Å². The number of carbonyl (C=O) groups is 2. The summed E-state index contributed by atoms with van der Waals surface area (Å²) in [5.74, 6) is -0.0595. The van der Waals surface area contributed by atoms with Gasteiger partial charge in [0.05, 0.1) is 12.3 Å². The Morgan fingerprint density at radius 3 is 3.00 bits per heavy atom. The lowest BCUT2D eigenvalue weighted by molar-refractivity contribution is 0.0995. The van der Waals surface area contributed by atoms with Crippen LogP contribution in [0.1, 0.15) is 33.5 Å². The Kier molecular flexibility index (Phi) is 4.11. The number of aromatic nitrogens is 3. The van der Waals surface area contributed by atoms with Crippen LogP contribution < -0.4 is 15.8 Å². The molecule has 0 aliphatic carbocycles. The van der Waals surface area contributed by atoms with Gasteiger partial charge in [-0.2, -0.15) is 5.10 Å². The number of hydrogen-bond acceptors (Lipinski definition) is 6. The zero-order valence-electron chi connectivity index (χ0n) is 14.6. The van der Waals surface area contributed by atoms with Gasteiger partial charge in [0.15, 0.2) is 11.4 Å². The number of hydrogen-bond donors (Lipinski definition) is 2. The van der Waals surface area contributed by atoms with Crippen molar-refractivity contribution < 1.29 is 18.7 Å². The molecule has 0 atom stereocenters. The predicted octanol–water partition coefficient (Wildman–Crippen LogP) is 1.84. The Labute approximate surface area is 154 Å². The molecular weight excluding hydrogens is 350 g/mol. The molecule has 138 valence electrons. The average Bonchev–Trinajstić information content (AvgIpc) is 3.39. The van der Waals surface area contributed by atoms with Crippen molar-refractivity contribution in [3.05, 3.63) is 47.6 Å². The number of anilines is 1. The van der Waals surface area contributed by atoms with Gasteiger partial charge in [-0.15, -0.1) is 0 Å². The van der Waals surface area contributed by atoms with E-state index in [4.69, 9.17) is 14.9 Å². The van der Waals surface area contributed by atoms with Gasteiger partial charge in [0.1, 0.15) is 12.0 Å². The van der Waals surface area contributed by atoms with Gasteiger partial charge < -0.3 is 20.2 Å². The largest absolute Gasteiger partial charge is 0.493 e. The topological polar surface area (TPSA) is 125 Å². The zero-order chi connectivity index (χ0) is 19.0. The molecule has 0 saturated heterocycles. The van der Waals surface area contributed by atoms with Crippen LogP contribution in [-0.4, -0.2) is 33.2 Å². The van der Waals surface area contributed by atoms with E-state index in [-0.39, 0.29) is 17.1 Å². The smallest absolute Gasteiger partial charge is 0.277 e. The van der Waals surface area contributed by atoms with Gasteiger partial charge in [0.25, 0.3) is 11.8 Å². The maximum Gasteiger partial charge on any atom is 0.277 e. The van der Waals surface area contributed by atoms with Crippen LogP contribution in [0.25, 0.3) is 11.5 Å². The first kappa shape index (κ1) is 16.8. The predicted molar refractivity (Wildman–Crippen MR) is 95.5 cm³/mol. The second-order valence-electron chi connectivity index (χ2n) is 6.02. The summed E-state index contributed by atoms with van der Waals surface area (Å²) in [5, 5.41) is 6.64. The third-order valence-corrected chi connectivity index (χ3v) is 4.24. The van der Waals surface area contributed by atoms with Crippen LogP contribution >= 0.6 is 0 Å². The van der Waals surface area contributed by atoms with E-state index in [1.165, 1.54) is 10.9 Å². The van der Waals surface area contributed by atoms with Crippen molar-refractivity contribution in [1.29, 1.82) is 0 Å². The molecule has 9 nitrogen and oxygen atoms in total. The fourth-order valence-electron chi connectivity index (χ4n) is 2.87. The van der Waals surface area contributed by atoms with Gasteiger partial charge in [-0.25, -0.2) is 4.98 Å². The third kappa shape index (κ3) is 3.14.